The first-order valence-corrected chi connectivity index (χ1v) is 37.2. The van der Waals surface area contributed by atoms with Gasteiger partial charge in [-0.2, -0.15) is 0 Å². The van der Waals surface area contributed by atoms with Gasteiger partial charge in [0.1, 0.15) is 19.3 Å². The third-order valence-electron chi connectivity index (χ3n) is 15.4. The monoisotopic (exact) mass is 1250 g/mol. The average Bonchev–Trinajstić information content (AvgIpc) is 3.57. The van der Waals surface area contributed by atoms with Crippen LogP contribution in [0.2, 0.25) is 0 Å². The zero-order valence-corrected chi connectivity index (χ0v) is 57.0. The van der Waals surface area contributed by atoms with Crippen LogP contribution in [0.4, 0.5) is 0 Å². The molecule has 0 heterocycles. The second-order valence-electron chi connectivity index (χ2n) is 25.5. The molecule has 0 fully saturated rings. The molecule has 0 saturated heterocycles. The Labute approximate surface area is 517 Å². The second kappa shape index (κ2) is 56.1. The Morgan fingerprint density at radius 2 is 0.565 bits per heavy atom. The zero-order valence-electron chi connectivity index (χ0n) is 55.2. The van der Waals surface area contributed by atoms with E-state index in [1.54, 1.807) is 0 Å². The summed E-state index contributed by atoms with van der Waals surface area (Å²) in [7, 11) is -9.89. The van der Waals surface area contributed by atoms with Crippen molar-refractivity contribution in [2.24, 2.45) is 23.7 Å². The number of aliphatic hydroxyl groups is 1. The normalized spacial score (nSPS) is 14.7. The highest BCUT2D eigenvalue weighted by Crippen LogP contribution is 2.45. The highest BCUT2D eigenvalue weighted by atomic mass is 31.2. The summed E-state index contributed by atoms with van der Waals surface area (Å²) in [5, 5.41) is 10.5. The van der Waals surface area contributed by atoms with Crippen LogP contribution < -0.4 is 0 Å². The van der Waals surface area contributed by atoms with Crippen molar-refractivity contribution in [1.29, 1.82) is 0 Å². The number of rotatable bonds is 63. The van der Waals surface area contributed by atoms with Crippen LogP contribution in [-0.4, -0.2) is 96.7 Å². The van der Waals surface area contributed by atoms with Crippen molar-refractivity contribution in [2.45, 2.75) is 337 Å². The minimum Gasteiger partial charge on any atom is -0.462 e. The van der Waals surface area contributed by atoms with Gasteiger partial charge < -0.3 is 33.8 Å². The third kappa shape index (κ3) is 59.5. The molecule has 0 amide bonds. The summed E-state index contributed by atoms with van der Waals surface area (Å²) < 4.78 is 68.1. The van der Waals surface area contributed by atoms with Gasteiger partial charge in [0.15, 0.2) is 12.2 Å². The minimum absolute atomic E-state index is 0.103. The maximum atomic E-state index is 13.0. The topological polar surface area (TPSA) is 237 Å². The summed E-state index contributed by atoms with van der Waals surface area (Å²) in [5.74, 6) is 0.777. The summed E-state index contributed by atoms with van der Waals surface area (Å²) in [6.07, 6.45) is 36.4. The zero-order chi connectivity index (χ0) is 63.2. The van der Waals surface area contributed by atoms with E-state index >= 15 is 0 Å². The van der Waals surface area contributed by atoms with Crippen molar-refractivity contribution in [3.63, 3.8) is 0 Å². The average molecular weight is 1260 g/mol. The molecule has 0 aliphatic heterocycles. The quantitative estimate of drug-likeness (QED) is 0.0222. The smallest absolute Gasteiger partial charge is 0.462 e. The molecule has 3 N–H and O–H groups in total. The lowest BCUT2D eigenvalue weighted by Gasteiger charge is -2.21. The molecular weight excluding hydrogens is 1130 g/mol. The number of hydrogen-bond donors (Lipinski definition) is 3. The Balaban J connectivity index is 5.24. The predicted molar refractivity (Wildman–Crippen MR) is 340 cm³/mol. The lowest BCUT2D eigenvalue weighted by atomic mass is 10.00. The number of carbonyl (C=O) groups is 4. The van der Waals surface area contributed by atoms with E-state index in [2.05, 4.69) is 55.4 Å². The summed E-state index contributed by atoms with van der Waals surface area (Å²) in [5.41, 5.74) is 0. The Hall–Kier alpha value is -1.94. The van der Waals surface area contributed by atoms with Crippen LogP contribution >= 0.6 is 15.6 Å². The van der Waals surface area contributed by atoms with E-state index in [-0.39, 0.29) is 25.7 Å². The van der Waals surface area contributed by atoms with Crippen molar-refractivity contribution >= 4 is 39.5 Å². The Morgan fingerprint density at radius 1 is 0.329 bits per heavy atom. The number of aliphatic hydroxyl groups excluding tert-OH is 1. The number of unbranched alkanes of at least 4 members (excludes halogenated alkanes) is 28. The van der Waals surface area contributed by atoms with Gasteiger partial charge in [-0.3, -0.25) is 37.3 Å². The van der Waals surface area contributed by atoms with Crippen molar-refractivity contribution in [3.05, 3.63) is 0 Å². The van der Waals surface area contributed by atoms with Crippen LogP contribution in [0.1, 0.15) is 319 Å². The predicted octanol–water partition coefficient (Wildman–Crippen LogP) is 18.1. The van der Waals surface area contributed by atoms with Crippen LogP contribution in [0.15, 0.2) is 0 Å². The van der Waals surface area contributed by atoms with Crippen LogP contribution in [-0.2, 0) is 65.4 Å². The molecule has 0 rings (SSSR count). The number of phosphoric acid groups is 2. The second-order valence-corrected chi connectivity index (χ2v) is 28.4. The van der Waals surface area contributed by atoms with Gasteiger partial charge in [0.2, 0.25) is 0 Å². The van der Waals surface area contributed by atoms with E-state index in [4.69, 9.17) is 37.0 Å². The number of phosphoric ester groups is 2. The van der Waals surface area contributed by atoms with Gasteiger partial charge in [-0.05, 0) is 49.4 Å². The minimum atomic E-state index is -4.95. The molecule has 0 aliphatic carbocycles. The first kappa shape index (κ1) is 83.1. The maximum Gasteiger partial charge on any atom is 0.472 e. The van der Waals surface area contributed by atoms with E-state index in [0.717, 1.165) is 114 Å². The molecule has 0 bridgehead atoms. The third-order valence-corrected chi connectivity index (χ3v) is 17.3. The molecule has 0 aromatic rings. The molecule has 0 saturated carbocycles. The Kier molecular flexibility index (Phi) is 54.8. The molecule has 3 unspecified atom stereocenters. The van der Waals surface area contributed by atoms with Crippen molar-refractivity contribution < 1.29 is 80.2 Å². The van der Waals surface area contributed by atoms with E-state index in [9.17, 15) is 43.2 Å². The van der Waals surface area contributed by atoms with Crippen LogP contribution in [0.25, 0.3) is 0 Å². The van der Waals surface area contributed by atoms with Gasteiger partial charge in [-0.15, -0.1) is 0 Å². The SMILES string of the molecule is CCC(C)CCCCCCCCC(=O)OC[C@H](COP(=O)(O)OC[C@H](O)COP(=O)(O)OC[C@@H](COC(=O)CCCCCCCCCCCCCC(C)C)OC(=O)CCCCCCCCCC(C)C)OC(=O)CCCCCCCCCCC(C)C. The van der Waals surface area contributed by atoms with Gasteiger partial charge in [0.05, 0.1) is 26.4 Å². The molecule has 0 spiro atoms. The van der Waals surface area contributed by atoms with Gasteiger partial charge in [-0.1, -0.05) is 267 Å². The first-order chi connectivity index (χ1) is 40.6. The van der Waals surface area contributed by atoms with E-state index in [0.29, 0.717) is 31.6 Å². The fourth-order valence-corrected chi connectivity index (χ4v) is 11.3. The summed E-state index contributed by atoms with van der Waals surface area (Å²) in [6.45, 7) is 14.0. The number of esters is 4. The van der Waals surface area contributed by atoms with Crippen molar-refractivity contribution in [1.82, 2.24) is 0 Å². The molecular formula is C66H128O17P2. The van der Waals surface area contributed by atoms with E-state index in [1.807, 2.05) is 0 Å². The standard InChI is InChI=1S/C66H128O17P2/c1-9-59(8)45-37-29-24-25-31-39-47-64(69)77-53-62(82-65(70)48-40-32-22-16-15-19-27-35-43-57(4)5)55-81-85(74,75)79-51-60(67)50-78-84(72,73)80-54-61(83-66(71)49-41-33-23-17-20-28-36-44-58(6)7)52-76-63(68)46-38-30-21-14-12-10-11-13-18-26-34-42-56(2)3/h56-62,67H,9-55H2,1-8H3,(H,72,73)(H,74,75)/t59?,60-,61-,62-/m1/s1. The molecule has 0 aromatic heterocycles. The molecule has 0 radical (unpaired) electrons. The first-order valence-electron chi connectivity index (χ1n) is 34.2. The van der Waals surface area contributed by atoms with Crippen molar-refractivity contribution in [3.8, 4) is 0 Å². The summed E-state index contributed by atoms with van der Waals surface area (Å²) in [6, 6.07) is 0. The molecule has 0 aliphatic rings. The number of hydrogen-bond acceptors (Lipinski definition) is 15. The van der Waals surface area contributed by atoms with Crippen molar-refractivity contribution in [2.75, 3.05) is 39.6 Å². The summed E-state index contributed by atoms with van der Waals surface area (Å²) in [4.78, 5) is 72.3. The lowest BCUT2D eigenvalue weighted by Crippen LogP contribution is -2.30. The van der Waals surface area contributed by atoms with E-state index < -0.39 is 97.5 Å². The fraction of sp³-hybridized carbons (Fsp3) is 0.939. The molecule has 0 aromatic carbocycles. The molecule has 6 atom stereocenters. The Morgan fingerprint density at radius 3 is 0.835 bits per heavy atom. The number of ether oxygens (including phenoxy) is 4. The van der Waals surface area contributed by atoms with Crippen LogP contribution in [0.3, 0.4) is 0 Å². The van der Waals surface area contributed by atoms with Crippen LogP contribution in [0, 0.1) is 23.7 Å². The summed E-state index contributed by atoms with van der Waals surface area (Å²) >= 11 is 0. The Bertz CT molecular complexity index is 1700. The van der Waals surface area contributed by atoms with Gasteiger partial charge in [-0.25, -0.2) is 9.13 Å². The van der Waals surface area contributed by atoms with Gasteiger partial charge in [0.25, 0.3) is 0 Å². The fourth-order valence-electron chi connectivity index (χ4n) is 9.75. The lowest BCUT2D eigenvalue weighted by molar-refractivity contribution is -0.161. The highest BCUT2D eigenvalue weighted by molar-refractivity contribution is 7.47. The molecule has 19 heteroatoms. The van der Waals surface area contributed by atoms with Crippen LogP contribution in [0.5, 0.6) is 0 Å². The largest absolute Gasteiger partial charge is 0.472 e. The van der Waals surface area contributed by atoms with Gasteiger partial charge >= 0.3 is 39.5 Å². The van der Waals surface area contributed by atoms with Gasteiger partial charge in [0, 0.05) is 25.7 Å². The molecule has 504 valence electrons. The highest BCUT2D eigenvalue weighted by Gasteiger charge is 2.30. The molecule has 17 nitrogen and oxygen atoms in total. The number of carbonyl (C=O) groups excluding carboxylic acids is 4. The maximum absolute atomic E-state index is 13.0. The molecule has 85 heavy (non-hydrogen) atoms. The van der Waals surface area contributed by atoms with E-state index in [1.165, 1.54) is 116 Å².